The summed E-state index contributed by atoms with van der Waals surface area (Å²) in [6.45, 7) is 4.47. The van der Waals surface area contributed by atoms with Crippen molar-refractivity contribution in [2.75, 3.05) is 0 Å². The van der Waals surface area contributed by atoms with Crippen molar-refractivity contribution in [2.24, 2.45) is 0 Å². The molecule has 0 saturated heterocycles. The average molecular weight is 588 g/mol. The molecular formula is C30H46FeO4P2+2. The van der Waals surface area contributed by atoms with E-state index in [2.05, 4.69) is 13.8 Å². The summed E-state index contributed by atoms with van der Waals surface area (Å²) in [5.74, 6) is 0. The molecule has 0 aliphatic rings. The standard InChI is InChI=1S/2C15H23O2P.Fe/c2*1-2-3-4-5-6-7-8-9-14-10-12-15(13-11-14)18(16)17;/h2*10-13H,2-9H2,1H3;/q;;+2. The fourth-order valence-electron chi connectivity index (χ4n) is 4.14. The van der Waals surface area contributed by atoms with E-state index in [9.17, 15) is 18.9 Å². The van der Waals surface area contributed by atoms with Gasteiger partial charge < -0.3 is 9.79 Å². The Labute approximate surface area is 238 Å². The van der Waals surface area contributed by atoms with E-state index in [0.29, 0.717) is 10.6 Å². The molecule has 0 saturated carbocycles. The van der Waals surface area contributed by atoms with Crippen LogP contribution >= 0.6 is 16.1 Å². The second kappa shape index (κ2) is 24.1. The Kier molecular flexibility index (Phi) is 23.5. The normalized spacial score (nSPS) is 11.2. The molecule has 2 aromatic rings. The third-order valence-electron chi connectivity index (χ3n) is 6.43. The van der Waals surface area contributed by atoms with Gasteiger partial charge in [0.05, 0.1) is 0 Å². The van der Waals surface area contributed by atoms with Crippen molar-refractivity contribution in [3.8, 4) is 0 Å². The first-order chi connectivity index (χ1) is 17.5. The summed E-state index contributed by atoms with van der Waals surface area (Å²) in [5, 5.41) is 0.821. The summed E-state index contributed by atoms with van der Waals surface area (Å²) in [6, 6.07) is 14.5. The molecule has 4 nitrogen and oxygen atoms in total. The predicted octanol–water partition coefficient (Wildman–Crippen LogP) is 7.41. The number of hydrogen-bond donors (Lipinski definition) is 0. The summed E-state index contributed by atoms with van der Waals surface area (Å²) in [7, 11) is -4.87. The van der Waals surface area contributed by atoms with Crippen molar-refractivity contribution in [2.45, 2.75) is 117 Å². The molecule has 2 unspecified atom stereocenters. The van der Waals surface area contributed by atoms with Crippen LogP contribution in [0.5, 0.6) is 0 Å². The molecule has 2 rings (SSSR count). The maximum absolute atomic E-state index is 10.7. The molecule has 7 heteroatoms. The zero-order valence-corrected chi connectivity index (χ0v) is 25.7. The van der Waals surface area contributed by atoms with E-state index in [4.69, 9.17) is 0 Å². The largest absolute Gasteiger partial charge is 2.00 e. The van der Waals surface area contributed by atoms with Crippen LogP contribution in [-0.2, 0) is 39.0 Å². The molecule has 0 aromatic heterocycles. The van der Waals surface area contributed by atoms with Crippen LogP contribution in [0, 0.1) is 0 Å². The molecular weight excluding hydrogens is 542 g/mol. The van der Waals surface area contributed by atoms with Crippen molar-refractivity contribution in [3.05, 3.63) is 59.7 Å². The van der Waals surface area contributed by atoms with E-state index in [1.807, 2.05) is 24.3 Å². The van der Waals surface area contributed by atoms with Gasteiger partial charge >= 0.3 is 33.1 Å². The molecule has 0 heterocycles. The van der Waals surface area contributed by atoms with Crippen LogP contribution in [-0.4, -0.2) is 0 Å². The minimum atomic E-state index is -2.43. The SMILES string of the molecule is CCCCCCCCCc1ccc([P+](=O)[O-])cc1.CCCCCCCCCc1ccc([P+](=O)[O-])cc1.[Fe+2]. The van der Waals surface area contributed by atoms with Crippen molar-refractivity contribution in [1.29, 1.82) is 0 Å². The summed E-state index contributed by atoms with van der Waals surface area (Å²) in [5.41, 5.74) is 2.48. The van der Waals surface area contributed by atoms with Crippen molar-refractivity contribution in [1.82, 2.24) is 0 Å². The minimum absolute atomic E-state index is 0. The van der Waals surface area contributed by atoms with Gasteiger partial charge in [-0.25, -0.2) is 0 Å². The van der Waals surface area contributed by atoms with Crippen LogP contribution in [0.1, 0.15) is 115 Å². The summed E-state index contributed by atoms with van der Waals surface area (Å²) < 4.78 is 21.5. The Hall–Kier alpha value is -0.921. The van der Waals surface area contributed by atoms with Crippen molar-refractivity contribution in [3.63, 3.8) is 0 Å². The molecule has 37 heavy (non-hydrogen) atoms. The molecule has 2 atom stereocenters. The van der Waals surface area contributed by atoms with Gasteiger partial charge in [0.1, 0.15) is 0 Å². The maximum atomic E-state index is 10.7. The van der Waals surface area contributed by atoms with E-state index < -0.39 is 16.1 Å². The monoisotopic (exact) mass is 588 g/mol. The van der Waals surface area contributed by atoms with Crippen molar-refractivity contribution >= 4 is 26.7 Å². The van der Waals surface area contributed by atoms with Gasteiger partial charge in [-0.2, -0.15) is 0 Å². The smallest absolute Gasteiger partial charge is 0.591 e. The second-order valence-electron chi connectivity index (χ2n) is 9.59. The first kappa shape index (κ1) is 36.1. The molecule has 206 valence electrons. The number of rotatable bonds is 18. The van der Waals surface area contributed by atoms with Gasteiger partial charge in [-0.15, -0.1) is 0 Å². The van der Waals surface area contributed by atoms with Crippen LogP contribution in [0.15, 0.2) is 48.5 Å². The molecule has 0 aliphatic carbocycles. The Morgan fingerprint density at radius 2 is 0.757 bits per heavy atom. The molecule has 0 amide bonds. The van der Waals surface area contributed by atoms with Crippen LogP contribution in [0.4, 0.5) is 0 Å². The van der Waals surface area contributed by atoms with Gasteiger partial charge in [0.15, 0.2) is 10.6 Å². The van der Waals surface area contributed by atoms with Gasteiger partial charge in [-0.05, 0) is 61.1 Å². The first-order valence-corrected chi connectivity index (χ1v) is 16.3. The molecule has 0 spiro atoms. The average Bonchev–Trinajstić information content (AvgIpc) is 2.88. The number of unbranched alkanes of at least 4 members (excludes halogenated alkanes) is 12. The minimum Gasteiger partial charge on any atom is -0.591 e. The van der Waals surface area contributed by atoms with Gasteiger partial charge in [0.2, 0.25) is 0 Å². The molecule has 2 aromatic carbocycles. The fourth-order valence-corrected chi connectivity index (χ4v) is 4.93. The van der Waals surface area contributed by atoms with Crippen LogP contribution in [0.2, 0.25) is 0 Å². The molecule has 0 bridgehead atoms. The van der Waals surface area contributed by atoms with E-state index in [-0.39, 0.29) is 17.1 Å². The van der Waals surface area contributed by atoms with E-state index in [1.165, 1.54) is 101 Å². The van der Waals surface area contributed by atoms with Crippen molar-refractivity contribution < 1.29 is 36.0 Å². The van der Waals surface area contributed by atoms with Gasteiger partial charge in [-0.1, -0.05) is 124 Å². The Bertz CT molecular complexity index is 770. The van der Waals surface area contributed by atoms with Crippen LogP contribution in [0.3, 0.4) is 0 Å². The summed E-state index contributed by atoms with van der Waals surface area (Å²) >= 11 is 0. The van der Waals surface area contributed by atoms with Crippen LogP contribution in [0.25, 0.3) is 0 Å². The second-order valence-corrected chi connectivity index (χ2v) is 11.7. The number of aryl methyl sites for hydroxylation is 2. The summed E-state index contributed by atoms with van der Waals surface area (Å²) in [6.07, 6.45) is 20.5. The fraction of sp³-hybridized carbons (Fsp3) is 0.600. The van der Waals surface area contributed by atoms with Crippen LogP contribution < -0.4 is 20.4 Å². The van der Waals surface area contributed by atoms with Gasteiger partial charge in [0, 0.05) is 0 Å². The zero-order valence-electron chi connectivity index (χ0n) is 22.8. The Balaban J connectivity index is 0.000000682. The molecule has 0 fully saturated rings. The third kappa shape index (κ3) is 18.9. The molecule has 0 N–H and O–H groups in total. The molecule has 0 radical (unpaired) electrons. The maximum Gasteiger partial charge on any atom is 2.00 e. The summed E-state index contributed by atoms with van der Waals surface area (Å²) in [4.78, 5) is 21.5. The predicted molar refractivity (Wildman–Crippen MR) is 151 cm³/mol. The molecule has 0 aliphatic heterocycles. The van der Waals surface area contributed by atoms with Gasteiger partial charge in [-0.3, -0.25) is 0 Å². The Morgan fingerprint density at radius 1 is 0.486 bits per heavy atom. The number of hydrogen-bond acceptors (Lipinski definition) is 4. The third-order valence-corrected chi connectivity index (χ3v) is 7.87. The van der Waals surface area contributed by atoms with E-state index in [0.717, 1.165) is 12.8 Å². The Morgan fingerprint density at radius 3 is 1.03 bits per heavy atom. The first-order valence-electron chi connectivity index (χ1n) is 13.9. The zero-order chi connectivity index (χ0) is 26.4. The van der Waals surface area contributed by atoms with E-state index >= 15 is 0 Å². The quantitative estimate of drug-likeness (QED) is 0.103. The number of benzene rings is 2. The van der Waals surface area contributed by atoms with E-state index in [1.54, 1.807) is 24.3 Å². The van der Waals surface area contributed by atoms with Gasteiger partial charge in [0.25, 0.3) is 0 Å². The topological polar surface area (TPSA) is 80.3 Å².